The predicted octanol–water partition coefficient (Wildman–Crippen LogP) is 1.04. The second-order valence-electron chi connectivity index (χ2n) is 4.04. The fourth-order valence-electron chi connectivity index (χ4n) is 1.67. The van der Waals surface area contributed by atoms with E-state index in [0.717, 1.165) is 0 Å². The number of carbonyl (C=O) groups excluding carboxylic acids is 1. The number of nitrogens with zero attached hydrogens (tertiary/aromatic N) is 5. The number of nitrogens with one attached hydrogen (secondary N) is 2. The number of aromatic nitrogens is 5. The van der Waals surface area contributed by atoms with E-state index in [4.69, 9.17) is 5.73 Å². The van der Waals surface area contributed by atoms with E-state index in [9.17, 15) is 4.79 Å². The minimum absolute atomic E-state index is 0.101. The van der Waals surface area contributed by atoms with Crippen molar-refractivity contribution in [1.29, 1.82) is 0 Å². The van der Waals surface area contributed by atoms with E-state index in [1.54, 1.807) is 18.2 Å². The molecule has 0 saturated heterocycles. The topological polar surface area (TPSA) is 132 Å². The van der Waals surface area contributed by atoms with E-state index >= 15 is 0 Å². The molecule has 0 saturated carbocycles. The Hall–Kier alpha value is -3.36. The van der Waals surface area contributed by atoms with E-state index in [2.05, 4.69) is 35.8 Å². The number of anilines is 3. The van der Waals surface area contributed by atoms with Crippen molar-refractivity contribution in [2.45, 2.75) is 0 Å². The molecule has 104 valence electrons. The van der Waals surface area contributed by atoms with Crippen molar-refractivity contribution >= 4 is 34.5 Å². The van der Waals surface area contributed by atoms with Gasteiger partial charge in [-0.1, -0.05) is 0 Å². The molecule has 0 aliphatic carbocycles. The molecule has 0 atom stereocenters. The van der Waals surface area contributed by atoms with Crippen molar-refractivity contribution in [3.63, 3.8) is 0 Å². The monoisotopic (exact) mass is 282 g/mol. The van der Waals surface area contributed by atoms with Crippen LogP contribution < -0.4 is 16.4 Å². The Balaban J connectivity index is 1.75. The molecule has 0 unspecified atom stereocenters. The van der Waals surface area contributed by atoms with Gasteiger partial charge in [0.05, 0.1) is 11.7 Å². The normalized spacial score (nSPS) is 10.3. The summed E-state index contributed by atoms with van der Waals surface area (Å²) in [4.78, 5) is 23.6. The summed E-state index contributed by atoms with van der Waals surface area (Å²) in [6.07, 6.45) is 4.44. The molecule has 3 rings (SSSR count). The van der Waals surface area contributed by atoms with E-state index in [-0.39, 0.29) is 5.95 Å². The zero-order chi connectivity index (χ0) is 14.7. The Morgan fingerprint density at radius 2 is 2.00 bits per heavy atom. The predicted molar refractivity (Wildman–Crippen MR) is 76.4 cm³/mol. The molecule has 2 aromatic heterocycles. The van der Waals surface area contributed by atoms with Gasteiger partial charge in [-0.2, -0.15) is 0 Å². The Bertz CT molecular complexity index is 792. The lowest BCUT2D eigenvalue weighted by Crippen LogP contribution is -2.20. The second-order valence-corrected chi connectivity index (χ2v) is 4.04. The number of amides is 2. The van der Waals surface area contributed by atoms with Gasteiger partial charge in [-0.15, -0.1) is 10.2 Å². The molecular weight excluding hydrogens is 272 g/mol. The van der Waals surface area contributed by atoms with E-state index in [1.165, 1.54) is 18.6 Å². The van der Waals surface area contributed by atoms with Crippen LogP contribution in [0, 0.1) is 0 Å². The van der Waals surface area contributed by atoms with Gasteiger partial charge in [0.25, 0.3) is 0 Å². The summed E-state index contributed by atoms with van der Waals surface area (Å²) >= 11 is 0. The fourth-order valence-corrected chi connectivity index (χ4v) is 1.67. The van der Waals surface area contributed by atoms with Crippen LogP contribution in [0.1, 0.15) is 0 Å². The first-order valence-electron chi connectivity index (χ1n) is 5.95. The first-order chi connectivity index (χ1) is 10.2. The Morgan fingerprint density at radius 3 is 2.81 bits per heavy atom. The van der Waals surface area contributed by atoms with Gasteiger partial charge < -0.3 is 11.1 Å². The van der Waals surface area contributed by atoms with Crippen LogP contribution in [0.4, 0.5) is 22.2 Å². The van der Waals surface area contributed by atoms with Crippen molar-refractivity contribution in [1.82, 2.24) is 25.1 Å². The van der Waals surface area contributed by atoms with Crippen LogP contribution in [-0.4, -0.2) is 31.2 Å². The number of fused-ring (bicyclic) bond motifs is 1. The highest BCUT2D eigenvalue weighted by molar-refractivity contribution is 6.00. The largest absolute Gasteiger partial charge is 0.366 e. The highest BCUT2D eigenvalue weighted by Crippen LogP contribution is 2.15. The highest BCUT2D eigenvalue weighted by atomic mass is 16.2. The summed E-state index contributed by atoms with van der Waals surface area (Å²) in [7, 11) is 0. The molecule has 3 aromatic rings. The lowest BCUT2D eigenvalue weighted by atomic mass is 10.2. The van der Waals surface area contributed by atoms with Crippen LogP contribution in [0.2, 0.25) is 0 Å². The summed E-state index contributed by atoms with van der Waals surface area (Å²) in [6, 6.07) is 4.59. The lowest BCUT2D eigenvalue weighted by molar-refractivity contribution is 0.262. The molecule has 9 heteroatoms. The molecule has 21 heavy (non-hydrogen) atoms. The molecule has 4 N–H and O–H groups in total. The Morgan fingerprint density at radius 1 is 1.10 bits per heavy atom. The van der Waals surface area contributed by atoms with Gasteiger partial charge in [0.1, 0.15) is 5.52 Å². The van der Waals surface area contributed by atoms with Gasteiger partial charge in [-0.25, -0.2) is 14.8 Å². The van der Waals surface area contributed by atoms with E-state index in [0.29, 0.717) is 22.5 Å². The Labute approximate surface area is 118 Å². The molecule has 0 aliphatic rings. The molecule has 0 aliphatic heterocycles. The minimum atomic E-state index is -0.439. The third-order valence-corrected chi connectivity index (χ3v) is 2.53. The minimum Gasteiger partial charge on any atom is -0.366 e. The van der Waals surface area contributed by atoms with Crippen LogP contribution in [-0.2, 0) is 0 Å². The average molecular weight is 282 g/mol. The van der Waals surface area contributed by atoms with Gasteiger partial charge in [0.15, 0.2) is 5.82 Å². The second kappa shape index (κ2) is 5.33. The molecule has 0 fully saturated rings. The molecule has 9 nitrogen and oxygen atoms in total. The smallest absolute Gasteiger partial charge is 0.324 e. The fraction of sp³-hybridized carbons (Fsp3) is 0. The van der Waals surface area contributed by atoms with Crippen LogP contribution >= 0.6 is 0 Å². The molecule has 2 amide bonds. The first kappa shape index (κ1) is 12.7. The lowest BCUT2D eigenvalue weighted by Gasteiger charge is -2.07. The summed E-state index contributed by atoms with van der Waals surface area (Å²) < 4.78 is 0. The van der Waals surface area contributed by atoms with E-state index < -0.39 is 6.03 Å². The van der Waals surface area contributed by atoms with E-state index in [1.807, 2.05) is 0 Å². The van der Waals surface area contributed by atoms with Crippen LogP contribution in [0.25, 0.3) is 11.0 Å². The third kappa shape index (κ3) is 2.97. The molecule has 0 bridgehead atoms. The van der Waals surface area contributed by atoms with Crippen LogP contribution in [0.5, 0.6) is 0 Å². The van der Waals surface area contributed by atoms with Gasteiger partial charge in [0.2, 0.25) is 5.95 Å². The molecular formula is C12H10N8O. The zero-order valence-electron chi connectivity index (χ0n) is 10.7. The van der Waals surface area contributed by atoms with Crippen LogP contribution in [0.3, 0.4) is 0 Å². The van der Waals surface area contributed by atoms with Gasteiger partial charge in [-0.05, 0) is 18.2 Å². The van der Waals surface area contributed by atoms with Crippen molar-refractivity contribution in [2.75, 3.05) is 16.4 Å². The summed E-state index contributed by atoms with van der Waals surface area (Å²) in [5.74, 6) is 0.452. The number of urea groups is 1. The number of hydrogen-bond donors (Lipinski definition) is 3. The number of nitrogens with two attached hydrogens (primary N) is 1. The highest BCUT2D eigenvalue weighted by Gasteiger charge is 2.05. The quantitative estimate of drug-likeness (QED) is 0.639. The number of benzene rings is 1. The maximum absolute atomic E-state index is 11.8. The Kier molecular flexibility index (Phi) is 3.21. The van der Waals surface area contributed by atoms with Crippen molar-refractivity contribution in [2.24, 2.45) is 0 Å². The molecule has 0 spiro atoms. The van der Waals surface area contributed by atoms with Gasteiger partial charge in [0, 0.05) is 18.1 Å². The summed E-state index contributed by atoms with van der Waals surface area (Å²) in [5.41, 5.74) is 7.13. The number of hydrogen-bond acceptors (Lipinski definition) is 7. The first-order valence-corrected chi connectivity index (χ1v) is 5.95. The molecule has 2 heterocycles. The summed E-state index contributed by atoms with van der Waals surface area (Å²) in [6.45, 7) is 0. The maximum Gasteiger partial charge on any atom is 0.324 e. The van der Waals surface area contributed by atoms with Gasteiger partial charge in [-0.3, -0.25) is 10.3 Å². The summed E-state index contributed by atoms with van der Waals surface area (Å²) in [5, 5.41) is 12.8. The van der Waals surface area contributed by atoms with Crippen molar-refractivity contribution in [3.05, 3.63) is 36.8 Å². The van der Waals surface area contributed by atoms with Crippen molar-refractivity contribution in [3.8, 4) is 0 Å². The molecule has 1 aromatic carbocycles. The standard InChI is InChI=1S/C12H10N8O/c13-11-17-8-2-1-7(5-9(8)19-20-11)16-12(21)18-10-6-14-3-4-15-10/h1-6H,(H2,13,17,20)(H2,15,16,18,21). The SMILES string of the molecule is Nc1nnc2cc(NC(=O)Nc3cnccn3)ccc2n1. The number of carbonyl (C=O) groups is 1. The number of rotatable bonds is 2. The average Bonchev–Trinajstić information content (AvgIpc) is 2.48. The van der Waals surface area contributed by atoms with Crippen molar-refractivity contribution < 1.29 is 4.79 Å². The van der Waals surface area contributed by atoms with Crippen LogP contribution in [0.15, 0.2) is 36.8 Å². The third-order valence-electron chi connectivity index (χ3n) is 2.53. The van der Waals surface area contributed by atoms with Gasteiger partial charge >= 0.3 is 6.03 Å². The zero-order valence-corrected chi connectivity index (χ0v) is 10.7. The number of nitrogen functional groups attached to an aromatic ring is 1. The maximum atomic E-state index is 11.8. The molecule has 0 radical (unpaired) electrons.